The summed E-state index contributed by atoms with van der Waals surface area (Å²) in [5, 5.41) is 0.560. The van der Waals surface area contributed by atoms with Crippen LogP contribution in [0.5, 0.6) is 0 Å². The first kappa shape index (κ1) is 15.7. The lowest BCUT2D eigenvalue weighted by Crippen LogP contribution is -2.37. The molecule has 0 aliphatic carbocycles. The van der Waals surface area contributed by atoms with Crippen LogP contribution in [-0.2, 0) is 14.8 Å². The predicted octanol–water partition coefficient (Wildman–Crippen LogP) is 2.70. The van der Waals surface area contributed by atoms with Gasteiger partial charge in [0, 0.05) is 23.2 Å². The minimum atomic E-state index is -3.64. The minimum absolute atomic E-state index is 0.0505. The number of ether oxygens (including phenoxy) is 1. The summed E-state index contributed by atoms with van der Waals surface area (Å²) in [4.78, 5) is 0.0505. The van der Waals surface area contributed by atoms with Gasteiger partial charge in [-0.05, 0) is 24.6 Å². The van der Waals surface area contributed by atoms with Crippen LogP contribution in [0, 0.1) is 0 Å². The maximum Gasteiger partial charge on any atom is 0.241 e. The van der Waals surface area contributed by atoms with Gasteiger partial charge in [-0.25, -0.2) is 13.1 Å². The van der Waals surface area contributed by atoms with E-state index in [0.717, 1.165) is 0 Å². The molecule has 0 heterocycles. The molecule has 0 saturated carbocycles. The standard InChI is InChI=1S/C11H15Cl2NO3S/c1-3-10(7-17-2)14-18(15,16)11-5-8(12)4-9(13)6-11/h4-6,10,14H,3,7H2,1-2H3. The summed E-state index contributed by atoms with van der Waals surface area (Å²) >= 11 is 11.6. The molecule has 0 radical (unpaired) electrons. The van der Waals surface area contributed by atoms with Gasteiger partial charge >= 0.3 is 0 Å². The van der Waals surface area contributed by atoms with Gasteiger partial charge in [-0.2, -0.15) is 0 Å². The first-order valence-electron chi connectivity index (χ1n) is 5.36. The molecule has 7 heteroatoms. The monoisotopic (exact) mass is 311 g/mol. The first-order valence-corrected chi connectivity index (χ1v) is 7.60. The minimum Gasteiger partial charge on any atom is -0.383 e. The summed E-state index contributed by atoms with van der Waals surface area (Å²) in [7, 11) is -2.12. The van der Waals surface area contributed by atoms with Crippen molar-refractivity contribution in [3.63, 3.8) is 0 Å². The van der Waals surface area contributed by atoms with E-state index < -0.39 is 10.0 Å². The molecule has 1 N–H and O–H groups in total. The van der Waals surface area contributed by atoms with Crippen molar-refractivity contribution >= 4 is 33.2 Å². The van der Waals surface area contributed by atoms with E-state index in [1.807, 2.05) is 6.92 Å². The molecular weight excluding hydrogens is 297 g/mol. The van der Waals surface area contributed by atoms with Gasteiger partial charge in [0.05, 0.1) is 11.5 Å². The molecule has 1 atom stereocenters. The zero-order valence-electron chi connectivity index (χ0n) is 10.1. The summed E-state index contributed by atoms with van der Waals surface area (Å²) < 4.78 is 31.7. The van der Waals surface area contributed by atoms with Crippen LogP contribution in [0.4, 0.5) is 0 Å². The van der Waals surface area contributed by atoms with Crippen LogP contribution < -0.4 is 4.72 Å². The summed E-state index contributed by atoms with van der Waals surface area (Å²) in [6.07, 6.45) is 0.626. The van der Waals surface area contributed by atoms with Crippen molar-refractivity contribution < 1.29 is 13.2 Å². The van der Waals surface area contributed by atoms with Crippen molar-refractivity contribution in [2.75, 3.05) is 13.7 Å². The molecule has 0 bridgehead atoms. The lowest BCUT2D eigenvalue weighted by Gasteiger charge is -2.16. The van der Waals surface area contributed by atoms with Gasteiger partial charge in [0.25, 0.3) is 0 Å². The highest BCUT2D eigenvalue weighted by molar-refractivity contribution is 7.89. The number of halogens is 2. The topological polar surface area (TPSA) is 55.4 Å². The van der Waals surface area contributed by atoms with Crippen molar-refractivity contribution in [1.82, 2.24) is 4.72 Å². The summed E-state index contributed by atoms with van der Waals surface area (Å²) in [5.74, 6) is 0. The van der Waals surface area contributed by atoms with Crippen molar-refractivity contribution in [3.8, 4) is 0 Å². The molecule has 0 spiro atoms. The fourth-order valence-corrected chi connectivity index (χ4v) is 3.44. The Bertz CT molecular complexity index is 485. The Labute approximate surface area is 117 Å². The van der Waals surface area contributed by atoms with E-state index in [1.165, 1.54) is 25.3 Å². The number of hydrogen-bond acceptors (Lipinski definition) is 3. The van der Waals surface area contributed by atoms with E-state index in [9.17, 15) is 8.42 Å². The normalized spacial score (nSPS) is 13.6. The molecule has 0 aliphatic rings. The zero-order chi connectivity index (χ0) is 13.8. The lowest BCUT2D eigenvalue weighted by atomic mass is 10.3. The van der Waals surface area contributed by atoms with Crippen LogP contribution in [0.25, 0.3) is 0 Å². The number of rotatable bonds is 6. The maximum atomic E-state index is 12.1. The van der Waals surface area contributed by atoms with Gasteiger partial charge < -0.3 is 4.74 Å². The zero-order valence-corrected chi connectivity index (χ0v) is 12.4. The van der Waals surface area contributed by atoms with Gasteiger partial charge in [-0.1, -0.05) is 30.1 Å². The third kappa shape index (κ3) is 4.40. The number of sulfonamides is 1. The first-order chi connectivity index (χ1) is 8.39. The summed E-state index contributed by atoms with van der Waals surface area (Å²) in [6, 6.07) is 3.91. The van der Waals surface area contributed by atoms with E-state index in [2.05, 4.69) is 4.72 Å². The van der Waals surface area contributed by atoms with Crippen LogP contribution in [0.1, 0.15) is 13.3 Å². The third-order valence-electron chi connectivity index (χ3n) is 2.33. The fraction of sp³-hybridized carbons (Fsp3) is 0.455. The van der Waals surface area contributed by atoms with E-state index >= 15 is 0 Å². The predicted molar refractivity (Wildman–Crippen MR) is 72.7 cm³/mol. The molecular formula is C11H15Cl2NO3S. The average Bonchev–Trinajstić information content (AvgIpc) is 2.27. The fourth-order valence-electron chi connectivity index (χ4n) is 1.41. The largest absolute Gasteiger partial charge is 0.383 e. The van der Waals surface area contributed by atoms with Crippen LogP contribution in [0.3, 0.4) is 0 Å². The van der Waals surface area contributed by atoms with E-state index in [1.54, 1.807) is 0 Å². The van der Waals surface area contributed by atoms with E-state index in [-0.39, 0.29) is 21.0 Å². The second-order valence-electron chi connectivity index (χ2n) is 3.79. The maximum absolute atomic E-state index is 12.1. The van der Waals surface area contributed by atoms with E-state index in [0.29, 0.717) is 13.0 Å². The summed E-state index contributed by atoms with van der Waals surface area (Å²) in [5.41, 5.74) is 0. The van der Waals surface area contributed by atoms with Crippen molar-refractivity contribution in [2.45, 2.75) is 24.3 Å². The van der Waals surface area contributed by atoms with Gasteiger partial charge in [0.2, 0.25) is 10.0 Å². The molecule has 1 aromatic carbocycles. The molecule has 1 aromatic rings. The third-order valence-corrected chi connectivity index (χ3v) is 4.27. The lowest BCUT2D eigenvalue weighted by molar-refractivity contribution is 0.173. The van der Waals surface area contributed by atoms with Gasteiger partial charge in [-0.15, -0.1) is 0 Å². The highest BCUT2D eigenvalue weighted by Crippen LogP contribution is 2.22. The molecule has 0 saturated heterocycles. The van der Waals surface area contributed by atoms with E-state index in [4.69, 9.17) is 27.9 Å². The number of hydrogen-bond donors (Lipinski definition) is 1. The number of nitrogens with one attached hydrogen (secondary N) is 1. The molecule has 0 aromatic heterocycles. The molecule has 102 valence electrons. The van der Waals surface area contributed by atoms with Gasteiger partial charge in [0.15, 0.2) is 0 Å². The number of methoxy groups -OCH3 is 1. The van der Waals surface area contributed by atoms with Crippen molar-refractivity contribution in [1.29, 1.82) is 0 Å². The smallest absolute Gasteiger partial charge is 0.241 e. The Kier molecular flexibility index (Phi) is 5.88. The molecule has 0 amide bonds. The van der Waals surface area contributed by atoms with Crippen molar-refractivity contribution in [3.05, 3.63) is 28.2 Å². The number of benzene rings is 1. The Hall–Kier alpha value is -0.330. The summed E-state index contributed by atoms with van der Waals surface area (Å²) in [6.45, 7) is 2.18. The molecule has 0 aliphatic heterocycles. The van der Waals surface area contributed by atoms with Crippen molar-refractivity contribution in [2.24, 2.45) is 0 Å². The second kappa shape index (κ2) is 6.73. The molecule has 1 unspecified atom stereocenters. The van der Waals surface area contributed by atoms with Crippen LogP contribution in [0.15, 0.2) is 23.1 Å². The molecule has 18 heavy (non-hydrogen) atoms. The quantitative estimate of drug-likeness (QED) is 0.878. The van der Waals surface area contributed by atoms with Crippen LogP contribution in [-0.4, -0.2) is 28.2 Å². The second-order valence-corrected chi connectivity index (χ2v) is 6.37. The average molecular weight is 312 g/mol. The Balaban J connectivity index is 2.98. The molecule has 1 rings (SSSR count). The van der Waals surface area contributed by atoms with Gasteiger partial charge in [0.1, 0.15) is 0 Å². The highest BCUT2D eigenvalue weighted by atomic mass is 35.5. The highest BCUT2D eigenvalue weighted by Gasteiger charge is 2.19. The Morgan fingerprint density at radius 2 is 1.83 bits per heavy atom. The molecule has 0 fully saturated rings. The molecule has 4 nitrogen and oxygen atoms in total. The SMILES string of the molecule is CCC(COC)NS(=O)(=O)c1cc(Cl)cc(Cl)c1. The van der Waals surface area contributed by atoms with Gasteiger partial charge in [-0.3, -0.25) is 0 Å². The Morgan fingerprint density at radius 1 is 1.28 bits per heavy atom. The Morgan fingerprint density at radius 3 is 2.28 bits per heavy atom. The van der Waals surface area contributed by atoms with Crippen LogP contribution in [0.2, 0.25) is 10.0 Å². The van der Waals surface area contributed by atoms with Crippen LogP contribution >= 0.6 is 23.2 Å².